The lowest BCUT2D eigenvalue weighted by Gasteiger charge is -2.10. The molecule has 0 aliphatic carbocycles. The van der Waals surface area contributed by atoms with Crippen molar-refractivity contribution in [3.05, 3.63) is 69.2 Å². The number of thiazole rings is 1. The van der Waals surface area contributed by atoms with Crippen LogP contribution in [0.4, 0.5) is 0 Å². The normalized spacial score (nSPS) is 11.7. The van der Waals surface area contributed by atoms with E-state index in [9.17, 15) is 8.42 Å². The van der Waals surface area contributed by atoms with Crippen LogP contribution in [0.3, 0.4) is 0 Å². The second kappa shape index (κ2) is 8.10. The number of hydrogen-bond acceptors (Lipinski definition) is 4. The van der Waals surface area contributed by atoms with E-state index in [0.717, 1.165) is 32.3 Å². The highest BCUT2D eigenvalue weighted by molar-refractivity contribution is 7.89. The SMILES string of the molecule is Cc1ccc(C)c(S(=O)(=O)NCCc2sc(-c3ccc(Cl)cc3)nc2C)c1. The highest BCUT2D eigenvalue weighted by Gasteiger charge is 2.17. The molecule has 0 amide bonds. The predicted molar refractivity (Wildman–Crippen MR) is 112 cm³/mol. The molecule has 0 unspecified atom stereocenters. The van der Waals surface area contributed by atoms with Crippen molar-refractivity contribution in [2.45, 2.75) is 32.1 Å². The van der Waals surface area contributed by atoms with Gasteiger partial charge in [0, 0.05) is 22.0 Å². The standard InChI is InChI=1S/C20H21ClN2O2S2/c1-13-4-5-14(2)19(12-13)27(24,25)22-11-10-18-15(3)23-20(26-18)16-6-8-17(21)9-7-16/h4-9,12,22H,10-11H2,1-3H3. The summed E-state index contributed by atoms with van der Waals surface area (Å²) in [6, 6.07) is 13.0. The molecule has 7 heteroatoms. The molecule has 142 valence electrons. The van der Waals surface area contributed by atoms with Crippen LogP contribution in [0.15, 0.2) is 47.4 Å². The third kappa shape index (κ3) is 4.76. The fourth-order valence-electron chi connectivity index (χ4n) is 2.75. The lowest BCUT2D eigenvalue weighted by Crippen LogP contribution is -2.26. The van der Waals surface area contributed by atoms with Crippen molar-refractivity contribution in [3.63, 3.8) is 0 Å². The van der Waals surface area contributed by atoms with E-state index in [1.807, 2.05) is 50.2 Å². The summed E-state index contributed by atoms with van der Waals surface area (Å²) in [5, 5.41) is 1.60. The molecular formula is C20H21ClN2O2S2. The summed E-state index contributed by atoms with van der Waals surface area (Å²) < 4.78 is 27.9. The molecule has 0 saturated heterocycles. The molecule has 1 N–H and O–H groups in total. The largest absolute Gasteiger partial charge is 0.241 e. The van der Waals surface area contributed by atoms with Crippen molar-refractivity contribution in [3.8, 4) is 10.6 Å². The molecule has 0 aliphatic rings. The maximum absolute atomic E-state index is 12.6. The van der Waals surface area contributed by atoms with Gasteiger partial charge in [-0.15, -0.1) is 11.3 Å². The van der Waals surface area contributed by atoms with Gasteiger partial charge in [0.1, 0.15) is 5.01 Å². The van der Waals surface area contributed by atoms with Crippen LogP contribution in [-0.4, -0.2) is 19.9 Å². The average Bonchev–Trinajstić information content (AvgIpc) is 2.98. The number of nitrogens with zero attached hydrogens (tertiary/aromatic N) is 1. The fourth-order valence-corrected chi connectivity index (χ4v) is 5.30. The van der Waals surface area contributed by atoms with E-state index in [0.29, 0.717) is 22.9 Å². The molecular weight excluding hydrogens is 400 g/mol. The number of hydrogen-bond donors (Lipinski definition) is 1. The number of aromatic nitrogens is 1. The molecule has 3 rings (SSSR count). The van der Waals surface area contributed by atoms with Gasteiger partial charge in [0.25, 0.3) is 0 Å². The maximum atomic E-state index is 12.6. The van der Waals surface area contributed by atoms with E-state index in [4.69, 9.17) is 11.6 Å². The van der Waals surface area contributed by atoms with E-state index >= 15 is 0 Å². The minimum atomic E-state index is -3.53. The van der Waals surface area contributed by atoms with E-state index in [-0.39, 0.29) is 0 Å². The third-order valence-electron chi connectivity index (χ3n) is 4.26. The molecule has 1 heterocycles. The first kappa shape index (κ1) is 20.0. The molecule has 0 spiro atoms. The summed E-state index contributed by atoms with van der Waals surface area (Å²) in [6.45, 7) is 5.97. The fraction of sp³-hybridized carbons (Fsp3) is 0.250. The first-order valence-electron chi connectivity index (χ1n) is 8.55. The van der Waals surface area contributed by atoms with Crippen LogP contribution in [0, 0.1) is 20.8 Å². The molecule has 3 aromatic rings. The Balaban J connectivity index is 1.70. The highest BCUT2D eigenvalue weighted by atomic mass is 35.5. The van der Waals surface area contributed by atoms with E-state index in [1.54, 1.807) is 24.3 Å². The molecule has 0 saturated carbocycles. The Morgan fingerprint density at radius 2 is 1.78 bits per heavy atom. The van der Waals surface area contributed by atoms with Gasteiger partial charge in [0.15, 0.2) is 0 Å². The van der Waals surface area contributed by atoms with Crippen molar-refractivity contribution in [2.75, 3.05) is 6.54 Å². The van der Waals surface area contributed by atoms with Gasteiger partial charge in [-0.05, 0) is 56.5 Å². The van der Waals surface area contributed by atoms with Crippen LogP contribution in [0.1, 0.15) is 21.7 Å². The lowest BCUT2D eigenvalue weighted by atomic mass is 10.2. The van der Waals surface area contributed by atoms with Gasteiger partial charge in [0.2, 0.25) is 10.0 Å². The monoisotopic (exact) mass is 420 g/mol. The molecule has 1 aromatic heterocycles. The topological polar surface area (TPSA) is 59.1 Å². The minimum absolute atomic E-state index is 0.332. The lowest BCUT2D eigenvalue weighted by molar-refractivity contribution is 0.581. The smallest absolute Gasteiger partial charge is 0.240 e. The molecule has 2 aromatic carbocycles. The summed E-state index contributed by atoms with van der Waals surface area (Å²) in [4.78, 5) is 6.02. The van der Waals surface area contributed by atoms with Gasteiger partial charge >= 0.3 is 0 Å². The molecule has 0 bridgehead atoms. The van der Waals surface area contributed by atoms with E-state index < -0.39 is 10.0 Å². The summed E-state index contributed by atoms with van der Waals surface area (Å²) in [5.41, 5.74) is 3.60. The zero-order chi connectivity index (χ0) is 19.6. The van der Waals surface area contributed by atoms with Crippen LogP contribution >= 0.6 is 22.9 Å². The molecule has 4 nitrogen and oxygen atoms in total. The first-order chi connectivity index (χ1) is 12.8. The average molecular weight is 421 g/mol. The van der Waals surface area contributed by atoms with Gasteiger partial charge in [-0.1, -0.05) is 35.9 Å². The van der Waals surface area contributed by atoms with Crippen molar-refractivity contribution in [1.29, 1.82) is 0 Å². The van der Waals surface area contributed by atoms with Gasteiger partial charge in [-0.3, -0.25) is 0 Å². The Labute approximate surface area is 169 Å². The van der Waals surface area contributed by atoms with Gasteiger partial charge in [-0.2, -0.15) is 0 Å². The van der Waals surface area contributed by atoms with Crippen LogP contribution in [-0.2, 0) is 16.4 Å². The van der Waals surface area contributed by atoms with Crippen LogP contribution in [0.25, 0.3) is 10.6 Å². The first-order valence-corrected chi connectivity index (χ1v) is 11.2. The van der Waals surface area contributed by atoms with E-state index in [2.05, 4.69) is 9.71 Å². The molecule has 27 heavy (non-hydrogen) atoms. The van der Waals surface area contributed by atoms with Crippen molar-refractivity contribution in [1.82, 2.24) is 9.71 Å². The quantitative estimate of drug-likeness (QED) is 0.616. The summed E-state index contributed by atoms with van der Waals surface area (Å²) in [7, 11) is -3.53. The van der Waals surface area contributed by atoms with Gasteiger partial charge < -0.3 is 0 Å². The van der Waals surface area contributed by atoms with Crippen LogP contribution in [0.5, 0.6) is 0 Å². The van der Waals surface area contributed by atoms with Gasteiger partial charge in [-0.25, -0.2) is 18.1 Å². The zero-order valence-electron chi connectivity index (χ0n) is 15.4. The molecule has 0 radical (unpaired) electrons. The Morgan fingerprint density at radius 1 is 1.07 bits per heavy atom. The summed E-state index contributed by atoms with van der Waals surface area (Å²) in [6.07, 6.45) is 0.598. The Hall–Kier alpha value is -1.73. The minimum Gasteiger partial charge on any atom is -0.241 e. The number of aryl methyl sites for hydroxylation is 3. The maximum Gasteiger partial charge on any atom is 0.240 e. The Morgan fingerprint density at radius 3 is 2.48 bits per heavy atom. The second-order valence-corrected chi connectivity index (χ2v) is 9.71. The Bertz CT molecular complexity index is 1060. The van der Waals surface area contributed by atoms with Crippen molar-refractivity contribution in [2.24, 2.45) is 0 Å². The van der Waals surface area contributed by atoms with Crippen molar-refractivity contribution >= 4 is 33.0 Å². The van der Waals surface area contributed by atoms with Crippen LogP contribution in [0.2, 0.25) is 5.02 Å². The summed E-state index contributed by atoms with van der Waals surface area (Å²) >= 11 is 7.52. The molecule has 0 fully saturated rings. The van der Waals surface area contributed by atoms with Crippen molar-refractivity contribution < 1.29 is 8.42 Å². The van der Waals surface area contributed by atoms with E-state index in [1.165, 1.54) is 0 Å². The molecule has 0 atom stereocenters. The summed E-state index contributed by atoms with van der Waals surface area (Å²) in [5.74, 6) is 0. The number of sulfonamides is 1. The third-order valence-corrected chi connectivity index (χ3v) is 7.38. The number of rotatable bonds is 6. The predicted octanol–water partition coefficient (Wildman–Crippen LogP) is 4.91. The second-order valence-electron chi connectivity index (χ2n) is 6.45. The number of benzene rings is 2. The zero-order valence-corrected chi connectivity index (χ0v) is 17.8. The highest BCUT2D eigenvalue weighted by Crippen LogP contribution is 2.29. The molecule has 0 aliphatic heterocycles. The Kier molecular flexibility index (Phi) is 6.01. The van der Waals surface area contributed by atoms with Gasteiger partial charge in [0.05, 0.1) is 10.6 Å². The van der Waals surface area contributed by atoms with Crippen LogP contribution < -0.4 is 4.72 Å². The number of halogens is 1. The number of nitrogens with one attached hydrogen (secondary N) is 1.